The summed E-state index contributed by atoms with van der Waals surface area (Å²) in [6.07, 6.45) is -1.74. The molecular formula is C11H15N5O4. The van der Waals surface area contributed by atoms with Crippen molar-refractivity contribution in [1.82, 2.24) is 20.2 Å². The second-order valence-electron chi connectivity index (χ2n) is 5.00. The van der Waals surface area contributed by atoms with Crippen LogP contribution in [0.5, 0.6) is 0 Å². The first-order chi connectivity index (χ1) is 9.46. The van der Waals surface area contributed by atoms with Gasteiger partial charge in [-0.15, -0.1) is 0 Å². The molecule has 1 saturated heterocycles. The molecule has 1 aliphatic heterocycles. The van der Waals surface area contributed by atoms with Crippen LogP contribution in [0.25, 0.3) is 11.0 Å². The number of nitrogen functional groups attached to an aromatic ring is 1. The lowest BCUT2D eigenvalue weighted by molar-refractivity contribution is -0.0655. The summed E-state index contributed by atoms with van der Waals surface area (Å²) in [4.78, 5) is 7.89. The molecule has 1 aliphatic rings. The van der Waals surface area contributed by atoms with Gasteiger partial charge >= 0.3 is 0 Å². The molecule has 0 bridgehead atoms. The normalized spacial score (nSPS) is 33.9. The van der Waals surface area contributed by atoms with E-state index in [4.69, 9.17) is 10.5 Å². The minimum absolute atomic E-state index is 0.203. The summed E-state index contributed by atoms with van der Waals surface area (Å²) in [5.74, 6) is 0.203. The highest BCUT2D eigenvalue weighted by Gasteiger charge is 2.53. The first-order valence-electron chi connectivity index (χ1n) is 6.08. The van der Waals surface area contributed by atoms with Crippen molar-refractivity contribution in [2.45, 2.75) is 30.8 Å². The third-order valence-corrected chi connectivity index (χ3v) is 3.63. The van der Waals surface area contributed by atoms with Crippen LogP contribution in [0.2, 0.25) is 0 Å². The van der Waals surface area contributed by atoms with E-state index in [-0.39, 0.29) is 5.82 Å². The van der Waals surface area contributed by atoms with Gasteiger partial charge in [0.25, 0.3) is 0 Å². The Morgan fingerprint density at radius 3 is 2.85 bits per heavy atom. The van der Waals surface area contributed by atoms with Gasteiger partial charge in [0.1, 0.15) is 35.8 Å². The van der Waals surface area contributed by atoms with Crippen LogP contribution in [0.4, 0.5) is 5.82 Å². The van der Waals surface area contributed by atoms with E-state index in [9.17, 15) is 15.3 Å². The minimum atomic E-state index is -1.59. The molecular weight excluding hydrogens is 266 g/mol. The molecule has 9 nitrogen and oxygen atoms in total. The van der Waals surface area contributed by atoms with Gasteiger partial charge in [-0.05, 0) is 6.92 Å². The van der Waals surface area contributed by atoms with Crippen LogP contribution < -0.4 is 5.73 Å². The third kappa shape index (κ3) is 1.68. The van der Waals surface area contributed by atoms with Crippen molar-refractivity contribution in [3.8, 4) is 0 Å². The van der Waals surface area contributed by atoms with E-state index in [1.54, 1.807) is 0 Å². The lowest BCUT2D eigenvalue weighted by Crippen LogP contribution is -2.43. The van der Waals surface area contributed by atoms with Gasteiger partial charge in [-0.1, -0.05) is 0 Å². The Kier molecular flexibility index (Phi) is 2.87. The molecule has 20 heavy (non-hydrogen) atoms. The average molecular weight is 281 g/mol. The molecule has 4 atom stereocenters. The van der Waals surface area contributed by atoms with Gasteiger partial charge in [0.05, 0.1) is 12.3 Å². The Labute approximate surface area is 113 Å². The molecule has 0 radical (unpaired) electrons. The number of aliphatic hydroxyl groups excluding tert-OH is 2. The smallest absolute Gasteiger partial charge is 0.155 e. The highest BCUT2D eigenvalue weighted by atomic mass is 16.6. The number of nitrogens with zero attached hydrogens (tertiary/aromatic N) is 3. The van der Waals surface area contributed by atoms with E-state index in [1.807, 2.05) is 0 Å². The van der Waals surface area contributed by atoms with E-state index in [0.717, 1.165) is 0 Å². The molecule has 3 heterocycles. The van der Waals surface area contributed by atoms with E-state index >= 15 is 0 Å². The summed E-state index contributed by atoms with van der Waals surface area (Å²) in [6, 6.07) is 0. The van der Waals surface area contributed by atoms with Crippen molar-refractivity contribution in [2.24, 2.45) is 0 Å². The quantitative estimate of drug-likeness (QED) is 0.445. The number of aliphatic hydroxyl groups is 3. The first kappa shape index (κ1) is 13.2. The molecule has 1 fully saturated rings. The van der Waals surface area contributed by atoms with E-state index in [1.165, 1.54) is 13.3 Å². The Balaban J connectivity index is 2.10. The van der Waals surface area contributed by atoms with E-state index in [2.05, 4.69) is 20.2 Å². The summed E-state index contributed by atoms with van der Waals surface area (Å²) >= 11 is 0. The summed E-state index contributed by atoms with van der Waals surface area (Å²) in [7, 11) is 0. The zero-order chi connectivity index (χ0) is 14.5. The summed E-state index contributed by atoms with van der Waals surface area (Å²) in [5, 5.41) is 36.3. The summed E-state index contributed by atoms with van der Waals surface area (Å²) in [5.41, 5.74) is 5.26. The minimum Gasteiger partial charge on any atom is -0.394 e. The van der Waals surface area contributed by atoms with Gasteiger partial charge < -0.3 is 25.8 Å². The summed E-state index contributed by atoms with van der Waals surface area (Å²) < 4.78 is 5.51. The molecule has 0 saturated carbocycles. The molecule has 3 rings (SSSR count). The number of aromatic amines is 1. The van der Waals surface area contributed by atoms with Gasteiger partial charge in [0.15, 0.2) is 11.3 Å². The molecule has 0 amide bonds. The second kappa shape index (κ2) is 4.35. The molecule has 0 aliphatic carbocycles. The van der Waals surface area contributed by atoms with Crippen LogP contribution in [0.15, 0.2) is 6.33 Å². The highest BCUT2D eigenvalue weighted by Crippen LogP contribution is 2.42. The molecule has 1 unspecified atom stereocenters. The Morgan fingerprint density at radius 2 is 2.20 bits per heavy atom. The number of ether oxygens (including phenoxy) is 1. The number of hydrogen-bond donors (Lipinski definition) is 5. The van der Waals surface area contributed by atoms with Gasteiger partial charge in [-0.2, -0.15) is 5.10 Å². The highest BCUT2D eigenvalue weighted by molar-refractivity contribution is 5.85. The van der Waals surface area contributed by atoms with Gasteiger partial charge in [-0.25, -0.2) is 9.97 Å². The number of H-pyrrole nitrogens is 1. The number of rotatable bonds is 2. The molecule has 0 aromatic carbocycles. The fourth-order valence-corrected chi connectivity index (χ4v) is 2.47. The fraction of sp³-hybridized carbons (Fsp3) is 0.545. The average Bonchev–Trinajstić information content (AvgIpc) is 2.92. The number of nitrogens with two attached hydrogens (primary N) is 1. The molecule has 9 heteroatoms. The van der Waals surface area contributed by atoms with E-state index in [0.29, 0.717) is 16.7 Å². The van der Waals surface area contributed by atoms with Crippen molar-refractivity contribution in [3.05, 3.63) is 12.0 Å². The van der Waals surface area contributed by atoms with Crippen LogP contribution in [-0.4, -0.2) is 59.9 Å². The van der Waals surface area contributed by atoms with Crippen molar-refractivity contribution in [2.75, 3.05) is 12.3 Å². The Morgan fingerprint density at radius 1 is 1.45 bits per heavy atom. The predicted octanol–water partition coefficient (Wildman–Crippen LogP) is -1.52. The maximum atomic E-state index is 10.4. The van der Waals surface area contributed by atoms with Crippen LogP contribution >= 0.6 is 0 Å². The van der Waals surface area contributed by atoms with Crippen molar-refractivity contribution in [3.63, 3.8) is 0 Å². The molecule has 108 valence electrons. The second-order valence-corrected chi connectivity index (χ2v) is 5.00. The zero-order valence-corrected chi connectivity index (χ0v) is 10.7. The molecule has 0 spiro atoms. The number of hydrogen-bond acceptors (Lipinski definition) is 8. The number of aromatic nitrogens is 4. The van der Waals surface area contributed by atoms with Crippen molar-refractivity contribution < 1.29 is 20.1 Å². The first-order valence-corrected chi connectivity index (χ1v) is 6.08. The number of fused-ring (bicyclic) bond motifs is 1. The maximum absolute atomic E-state index is 10.4. The van der Waals surface area contributed by atoms with Crippen molar-refractivity contribution in [1.29, 1.82) is 0 Å². The molecule has 6 N–H and O–H groups in total. The fourth-order valence-electron chi connectivity index (χ4n) is 2.47. The lowest BCUT2D eigenvalue weighted by atomic mass is 9.91. The Hall–Kier alpha value is -1.81. The van der Waals surface area contributed by atoms with Crippen LogP contribution in [0.1, 0.15) is 18.7 Å². The molecule has 2 aromatic rings. The van der Waals surface area contributed by atoms with Gasteiger partial charge in [0, 0.05) is 0 Å². The van der Waals surface area contributed by atoms with Gasteiger partial charge in [-0.3, -0.25) is 5.10 Å². The number of anilines is 1. The largest absolute Gasteiger partial charge is 0.394 e. The van der Waals surface area contributed by atoms with Gasteiger partial charge in [0.2, 0.25) is 0 Å². The lowest BCUT2D eigenvalue weighted by Gasteiger charge is -2.25. The number of nitrogens with one attached hydrogen (secondary N) is 1. The summed E-state index contributed by atoms with van der Waals surface area (Å²) in [6.45, 7) is 1.02. The monoisotopic (exact) mass is 281 g/mol. The Bertz CT molecular complexity index is 643. The maximum Gasteiger partial charge on any atom is 0.155 e. The standard InChI is InChI=1S/C11H15N5O4/c1-11(19)8(18)4(2-17)20-9(11)6-5-7(16-15-6)10(12)14-3-13-5/h3-4,8-9,17-19H,2H2,1H3,(H,15,16)(H2,12,13,14)/t4?,8-,9+,11-/m1/s1. The predicted molar refractivity (Wildman–Crippen MR) is 67.4 cm³/mol. The molecule has 2 aromatic heterocycles. The third-order valence-electron chi connectivity index (χ3n) is 3.63. The SMILES string of the molecule is C[C@@]1(O)[C@H](O)C(CO)O[C@H]1c1[nH]nc2c(N)ncnc12. The van der Waals surface area contributed by atoms with Crippen LogP contribution in [0, 0.1) is 0 Å². The van der Waals surface area contributed by atoms with Crippen LogP contribution in [0.3, 0.4) is 0 Å². The van der Waals surface area contributed by atoms with Crippen LogP contribution in [-0.2, 0) is 4.74 Å². The van der Waals surface area contributed by atoms with E-state index < -0.39 is 30.5 Å². The zero-order valence-electron chi connectivity index (χ0n) is 10.7. The topological polar surface area (TPSA) is 150 Å². The van der Waals surface area contributed by atoms with Crippen molar-refractivity contribution >= 4 is 16.9 Å².